The molecule has 1 amide bonds. The maximum absolute atomic E-state index is 12.5. The van der Waals surface area contributed by atoms with Gasteiger partial charge >= 0.3 is 0 Å². The van der Waals surface area contributed by atoms with Crippen LogP contribution in [0.1, 0.15) is 57.5 Å². The lowest BCUT2D eigenvalue weighted by molar-refractivity contribution is 0.0940. The van der Waals surface area contributed by atoms with Crippen molar-refractivity contribution in [3.05, 3.63) is 81.9 Å². The Morgan fingerprint density at radius 1 is 1.06 bits per heavy atom. The van der Waals surface area contributed by atoms with Crippen molar-refractivity contribution in [2.24, 2.45) is 5.41 Å². The number of aromatic hydroxyl groups is 1. The van der Waals surface area contributed by atoms with Gasteiger partial charge in [0.05, 0.1) is 10.6 Å². The van der Waals surface area contributed by atoms with Gasteiger partial charge in [-0.2, -0.15) is 0 Å². The Labute approximate surface area is 190 Å². The fourth-order valence-electron chi connectivity index (χ4n) is 3.36. The molecule has 31 heavy (non-hydrogen) atoms. The molecule has 0 aromatic heterocycles. The molecule has 2 aromatic rings. The Morgan fingerprint density at radius 2 is 1.71 bits per heavy atom. The number of para-hydroxylation sites is 1. The SMILES string of the molecule is CC1=CN(c2ccc(C(C)(C)C)cc2)C(=CC(C)(C)CNC(=O)c2ccccc2O)S1. The van der Waals surface area contributed by atoms with E-state index in [0.29, 0.717) is 12.1 Å². The molecule has 0 unspecified atom stereocenters. The van der Waals surface area contributed by atoms with E-state index in [4.69, 9.17) is 0 Å². The fourth-order valence-corrected chi connectivity index (χ4v) is 4.49. The molecule has 0 spiro atoms. The Balaban J connectivity index is 1.75. The Bertz CT molecular complexity index is 1010. The van der Waals surface area contributed by atoms with Crippen molar-refractivity contribution in [2.45, 2.75) is 47.0 Å². The topological polar surface area (TPSA) is 52.6 Å². The van der Waals surface area contributed by atoms with Crippen LogP contribution in [0.5, 0.6) is 5.75 Å². The summed E-state index contributed by atoms with van der Waals surface area (Å²) in [6, 6.07) is 15.3. The number of nitrogens with zero attached hydrogens (tertiary/aromatic N) is 1. The molecular formula is C26H32N2O2S. The summed E-state index contributed by atoms with van der Waals surface area (Å²) in [7, 11) is 0. The van der Waals surface area contributed by atoms with Gasteiger partial charge in [0.25, 0.3) is 5.91 Å². The molecule has 0 atom stereocenters. The highest BCUT2D eigenvalue weighted by atomic mass is 32.2. The van der Waals surface area contributed by atoms with Crippen LogP contribution in [0.15, 0.2) is 70.7 Å². The molecule has 4 nitrogen and oxygen atoms in total. The Kier molecular flexibility index (Phi) is 6.56. The van der Waals surface area contributed by atoms with Crippen molar-refractivity contribution >= 4 is 23.4 Å². The monoisotopic (exact) mass is 436 g/mol. The standard InChI is InChI=1S/C26H32N2O2S/c1-18-16-28(20-13-11-19(12-14-20)25(2,3)4)23(31-18)15-26(5,6)17-27-24(30)21-9-7-8-10-22(21)29/h7-16,29H,17H2,1-6H3,(H,27,30). The van der Waals surface area contributed by atoms with E-state index in [2.05, 4.69) is 88.3 Å². The number of nitrogens with one attached hydrogen (secondary N) is 1. The predicted octanol–water partition coefficient (Wildman–Crippen LogP) is 6.40. The quantitative estimate of drug-likeness (QED) is 0.569. The van der Waals surface area contributed by atoms with Gasteiger partial charge in [-0.15, -0.1) is 0 Å². The number of hydrogen-bond donors (Lipinski definition) is 2. The van der Waals surface area contributed by atoms with E-state index in [9.17, 15) is 9.90 Å². The van der Waals surface area contributed by atoms with Crippen LogP contribution >= 0.6 is 11.8 Å². The van der Waals surface area contributed by atoms with E-state index in [1.165, 1.54) is 16.5 Å². The van der Waals surface area contributed by atoms with Crippen molar-refractivity contribution in [3.8, 4) is 5.75 Å². The summed E-state index contributed by atoms with van der Waals surface area (Å²) in [6.07, 6.45) is 4.35. The Hall–Kier alpha value is -2.66. The number of amides is 1. The molecule has 2 N–H and O–H groups in total. The van der Waals surface area contributed by atoms with Crippen LogP contribution < -0.4 is 10.2 Å². The number of phenols is 1. The largest absolute Gasteiger partial charge is 0.507 e. The summed E-state index contributed by atoms with van der Waals surface area (Å²) >= 11 is 1.73. The summed E-state index contributed by atoms with van der Waals surface area (Å²) in [5, 5.41) is 14.0. The number of carbonyl (C=O) groups excluding carboxylic acids is 1. The van der Waals surface area contributed by atoms with Crippen LogP contribution in [-0.4, -0.2) is 17.6 Å². The molecule has 0 saturated carbocycles. The zero-order valence-corrected chi connectivity index (χ0v) is 20.0. The van der Waals surface area contributed by atoms with Crippen LogP contribution in [0.3, 0.4) is 0 Å². The number of benzene rings is 2. The highest BCUT2D eigenvalue weighted by molar-refractivity contribution is 8.07. The Morgan fingerprint density at radius 3 is 2.32 bits per heavy atom. The van der Waals surface area contributed by atoms with Crippen LogP contribution in [0.25, 0.3) is 0 Å². The lowest BCUT2D eigenvalue weighted by Crippen LogP contribution is -2.33. The number of carbonyl (C=O) groups is 1. The van der Waals surface area contributed by atoms with E-state index >= 15 is 0 Å². The van der Waals surface area contributed by atoms with E-state index in [0.717, 1.165) is 10.7 Å². The highest BCUT2D eigenvalue weighted by Gasteiger charge is 2.25. The third-order valence-corrected chi connectivity index (χ3v) is 6.14. The number of anilines is 1. The van der Waals surface area contributed by atoms with Crippen LogP contribution in [0, 0.1) is 5.41 Å². The first kappa shape index (κ1) is 23.0. The smallest absolute Gasteiger partial charge is 0.255 e. The van der Waals surface area contributed by atoms with Crippen molar-refractivity contribution in [3.63, 3.8) is 0 Å². The average molecular weight is 437 g/mol. The summed E-state index contributed by atoms with van der Waals surface area (Å²) in [4.78, 5) is 15.9. The second-order valence-electron chi connectivity index (χ2n) is 9.68. The average Bonchev–Trinajstić information content (AvgIpc) is 3.05. The van der Waals surface area contributed by atoms with Crippen LogP contribution in [0.2, 0.25) is 0 Å². The fraction of sp³-hybridized carbons (Fsp3) is 0.346. The van der Waals surface area contributed by atoms with E-state index in [1.807, 2.05) is 0 Å². The van der Waals surface area contributed by atoms with Gasteiger partial charge in [-0.3, -0.25) is 4.79 Å². The van der Waals surface area contributed by atoms with Crippen molar-refractivity contribution in [2.75, 3.05) is 11.4 Å². The van der Waals surface area contributed by atoms with Crippen molar-refractivity contribution in [1.82, 2.24) is 5.32 Å². The number of phenolic OH excluding ortho intramolecular Hbond substituents is 1. The van der Waals surface area contributed by atoms with Gasteiger partial charge in [0.15, 0.2) is 0 Å². The number of rotatable bonds is 5. The second kappa shape index (κ2) is 8.83. The number of allylic oxidation sites excluding steroid dienone is 1. The van der Waals surface area contributed by atoms with Crippen LogP contribution in [0.4, 0.5) is 5.69 Å². The van der Waals surface area contributed by atoms with Gasteiger partial charge in [0, 0.05) is 28.8 Å². The molecule has 164 valence electrons. The first-order chi connectivity index (χ1) is 14.5. The van der Waals surface area contributed by atoms with Gasteiger partial charge in [0.1, 0.15) is 5.75 Å². The van der Waals surface area contributed by atoms with Gasteiger partial charge in [-0.05, 0) is 48.2 Å². The number of thioether (sulfide) groups is 1. The molecule has 0 bridgehead atoms. The molecule has 1 heterocycles. The summed E-state index contributed by atoms with van der Waals surface area (Å²) in [5.41, 5.74) is 2.57. The van der Waals surface area contributed by atoms with Gasteiger partial charge in [-0.1, -0.05) is 70.6 Å². The van der Waals surface area contributed by atoms with Gasteiger partial charge < -0.3 is 15.3 Å². The minimum atomic E-state index is -0.273. The minimum Gasteiger partial charge on any atom is -0.507 e. The first-order valence-corrected chi connectivity index (χ1v) is 11.3. The molecule has 0 fully saturated rings. The lowest BCUT2D eigenvalue weighted by atomic mass is 9.87. The lowest BCUT2D eigenvalue weighted by Gasteiger charge is -2.26. The minimum absolute atomic E-state index is 0.00721. The molecule has 0 radical (unpaired) electrons. The van der Waals surface area contributed by atoms with E-state index in [1.54, 1.807) is 30.0 Å². The zero-order valence-electron chi connectivity index (χ0n) is 19.2. The van der Waals surface area contributed by atoms with E-state index < -0.39 is 0 Å². The zero-order chi connectivity index (χ0) is 22.8. The molecular weight excluding hydrogens is 404 g/mol. The second-order valence-corrected chi connectivity index (χ2v) is 10.9. The summed E-state index contributed by atoms with van der Waals surface area (Å²) < 4.78 is 0. The molecule has 5 heteroatoms. The summed E-state index contributed by atoms with van der Waals surface area (Å²) in [5.74, 6) is -0.278. The van der Waals surface area contributed by atoms with Gasteiger partial charge in [-0.25, -0.2) is 0 Å². The highest BCUT2D eigenvalue weighted by Crippen LogP contribution is 2.41. The maximum Gasteiger partial charge on any atom is 0.255 e. The van der Waals surface area contributed by atoms with Gasteiger partial charge in [0.2, 0.25) is 0 Å². The maximum atomic E-state index is 12.5. The molecule has 0 aliphatic carbocycles. The molecule has 1 aliphatic heterocycles. The molecule has 3 rings (SSSR count). The predicted molar refractivity (Wildman–Crippen MR) is 131 cm³/mol. The molecule has 0 saturated heterocycles. The third-order valence-electron chi connectivity index (χ3n) is 5.19. The normalized spacial score (nSPS) is 15.9. The van der Waals surface area contributed by atoms with Crippen molar-refractivity contribution in [1.29, 1.82) is 0 Å². The summed E-state index contributed by atoms with van der Waals surface area (Å²) in [6.45, 7) is 13.4. The third kappa shape index (κ3) is 5.73. The van der Waals surface area contributed by atoms with Crippen LogP contribution in [-0.2, 0) is 5.41 Å². The van der Waals surface area contributed by atoms with E-state index in [-0.39, 0.29) is 22.5 Å². The number of hydrogen-bond acceptors (Lipinski definition) is 4. The molecule has 2 aromatic carbocycles. The first-order valence-electron chi connectivity index (χ1n) is 10.5. The molecule has 1 aliphatic rings. The van der Waals surface area contributed by atoms with Crippen molar-refractivity contribution < 1.29 is 9.90 Å².